The predicted octanol–water partition coefficient (Wildman–Crippen LogP) is 5.06. The standard InChI is InChI=1S/C16H21F3O2/c1-2-3-4-5-6-7-8-13-9-11-14(12-10-13)21-15(20)16(17,18)19/h9-12H,2-8H2,1H3. The number of aryl methyl sites for hydroxylation is 1. The summed E-state index contributed by atoms with van der Waals surface area (Å²) in [5.74, 6) is -2.27. The third kappa shape index (κ3) is 7.16. The molecule has 2 nitrogen and oxygen atoms in total. The van der Waals surface area contributed by atoms with Crippen molar-refractivity contribution >= 4 is 5.97 Å². The maximum absolute atomic E-state index is 12.0. The summed E-state index contributed by atoms with van der Waals surface area (Å²) in [4.78, 5) is 10.7. The van der Waals surface area contributed by atoms with Crippen LogP contribution < -0.4 is 4.74 Å². The van der Waals surface area contributed by atoms with Gasteiger partial charge >= 0.3 is 12.1 Å². The van der Waals surface area contributed by atoms with Crippen molar-refractivity contribution in [3.8, 4) is 5.75 Å². The zero-order valence-electron chi connectivity index (χ0n) is 12.2. The summed E-state index contributed by atoms with van der Waals surface area (Å²) in [5.41, 5.74) is 1.04. The lowest BCUT2D eigenvalue weighted by atomic mass is 10.0. The number of unbranched alkanes of at least 4 members (excludes halogenated alkanes) is 5. The number of hydrogen-bond acceptors (Lipinski definition) is 2. The molecule has 0 amide bonds. The molecule has 118 valence electrons. The number of alkyl halides is 3. The van der Waals surface area contributed by atoms with E-state index in [1.807, 2.05) is 0 Å². The molecule has 0 N–H and O–H groups in total. The maximum Gasteiger partial charge on any atom is 0.491 e. The van der Waals surface area contributed by atoms with Gasteiger partial charge in [-0.2, -0.15) is 13.2 Å². The van der Waals surface area contributed by atoms with E-state index in [-0.39, 0.29) is 5.75 Å². The highest BCUT2D eigenvalue weighted by molar-refractivity contribution is 5.78. The number of carbonyl (C=O) groups is 1. The molecule has 0 saturated carbocycles. The Labute approximate surface area is 123 Å². The van der Waals surface area contributed by atoms with Crippen LogP contribution in [0.15, 0.2) is 24.3 Å². The average Bonchev–Trinajstić information content (AvgIpc) is 2.43. The van der Waals surface area contributed by atoms with Gasteiger partial charge in [0.05, 0.1) is 0 Å². The smallest absolute Gasteiger partial charge is 0.420 e. The summed E-state index contributed by atoms with van der Waals surface area (Å²) in [7, 11) is 0. The molecule has 0 radical (unpaired) electrons. The molecule has 0 aliphatic rings. The molecule has 0 spiro atoms. The van der Waals surface area contributed by atoms with Gasteiger partial charge in [-0.05, 0) is 30.5 Å². The normalized spacial score (nSPS) is 11.4. The Morgan fingerprint density at radius 1 is 1.00 bits per heavy atom. The van der Waals surface area contributed by atoms with E-state index in [9.17, 15) is 18.0 Å². The molecule has 5 heteroatoms. The molecule has 0 bridgehead atoms. The van der Waals surface area contributed by atoms with Gasteiger partial charge in [0, 0.05) is 0 Å². The largest absolute Gasteiger partial charge is 0.491 e. The summed E-state index contributed by atoms with van der Waals surface area (Å²) in [6.45, 7) is 2.17. The van der Waals surface area contributed by atoms with Crippen LogP contribution in [0.3, 0.4) is 0 Å². The highest BCUT2D eigenvalue weighted by Gasteiger charge is 2.41. The molecule has 1 rings (SSSR count). The van der Waals surface area contributed by atoms with Gasteiger partial charge in [-0.3, -0.25) is 0 Å². The maximum atomic E-state index is 12.0. The number of rotatable bonds is 8. The number of ether oxygens (including phenoxy) is 1. The fourth-order valence-corrected chi connectivity index (χ4v) is 2.00. The molecular weight excluding hydrogens is 281 g/mol. The van der Waals surface area contributed by atoms with E-state index in [0.29, 0.717) is 0 Å². The van der Waals surface area contributed by atoms with E-state index < -0.39 is 12.1 Å². The Morgan fingerprint density at radius 2 is 1.57 bits per heavy atom. The fourth-order valence-electron chi connectivity index (χ4n) is 2.00. The van der Waals surface area contributed by atoms with E-state index in [1.54, 1.807) is 12.1 Å². The second-order valence-corrected chi connectivity index (χ2v) is 5.05. The van der Waals surface area contributed by atoms with Gasteiger partial charge in [0.2, 0.25) is 0 Å². The molecule has 0 aromatic heterocycles. The number of esters is 1. The molecule has 21 heavy (non-hydrogen) atoms. The molecule has 0 aliphatic carbocycles. The Morgan fingerprint density at radius 3 is 2.14 bits per heavy atom. The molecular formula is C16H21F3O2. The molecule has 0 atom stereocenters. The van der Waals surface area contributed by atoms with Crippen LogP contribution in [0.4, 0.5) is 13.2 Å². The monoisotopic (exact) mass is 302 g/mol. The molecule has 1 aromatic carbocycles. The van der Waals surface area contributed by atoms with Crippen LogP contribution in [0.1, 0.15) is 51.0 Å². The van der Waals surface area contributed by atoms with Gasteiger partial charge in [0.15, 0.2) is 0 Å². The minimum atomic E-state index is -4.96. The Bertz CT molecular complexity index is 424. The van der Waals surface area contributed by atoms with E-state index in [0.717, 1.165) is 24.8 Å². The first-order valence-electron chi connectivity index (χ1n) is 7.31. The molecule has 0 fully saturated rings. The van der Waals surface area contributed by atoms with Crippen LogP contribution >= 0.6 is 0 Å². The molecule has 0 aliphatic heterocycles. The van der Waals surface area contributed by atoms with Crippen LogP contribution in [-0.2, 0) is 11.2 Å². The predicted molar refractivity (Wildman–Crippen MR) is 75.2 cm³/mol. The first kappa shape index (κ1) is 17.5. The second-order valence-electron chi connectivity index (χ2n) is 5.05. The lowest BCUT2D eigenvalue weighted by molar-refractivity contribution is -0.189. The highest BCUT2D eigenvalue weighted by atomic mass is 19.4. The van der Waals surface area contributed by atoms with Crippen molar-refractivity contribution < 1.29 is 22.7 Å². The van der Waals surface area contributed by atoms with Crippen molar-refractivity contribution in [3.05, 3.63) is 29.8 Å². The first-order valence-corrected chi connectivity index (χ1v) is 7.31. The number of halogens is 3. The zero-order valence-corrected chi connectivity index (χ0v) is 12.2. The molecule has 1 aromatic rings. The second kappa shape index (κ2) is 8.70. The van der Waals surface area contributed by atoms with Crippen molar-refractivity contribution in [3.63, 3.8) is 0 Å². The van der Waals surface area contributed by atoms with Gasteiger partial charge in [0.1, 0.15) is 5.75 Å². The molecule has 0 unspecified atom stereocenters. The van der Waals surface area contributed by atoms with Crippen LogP contribution in [0.25, 0.3) is 0 Å². The summed E-state index contributed by atoms with van der Waals surface area (Å²) in [6.07, 6.45) is 3.10. The summed E-state index contributed by atoms with van der Waals surface area (Å²) < 4.78 is 40.3. The van der Waals surface area contributed by atoms with E-state index in [2.05, 4.69) is 11.7 Å². The average molecular weight is 302 g/mol. The van der Waals surface area contributed by atoms with Crippen LogP contribution in [0.2, 0.25) is 0 Å². The first-order chi connectivity index (χ1) is 9.93. The van der Waals surface area contributed by atoms with E-state index in [1.165, 1.54) is 37.8 Å². The van der Waals surface area contributed by atoms with Crippen LogP contribution in [-0.4, -0.2) is 12.1 Å². The highest BCUT2D eigenvalue weighted by Crippen LogP contribution is 2.21. The Balaban J connectivity index is 2.32. The Hall–Kier alpha value is -1.52. The Kier molecular flexibility index (Phi) is 7.26. The SMILES string of the molecule is CCCCCCCCc1ccc(OC(=O)C(F)(F)F)cc1. The number of carbonyl (C=O) groups excluding carboxylic acids is 1. The van der Waals surface area contributed by atoms with Crippen molar-refractivity contribution in [2.45, 2.75) is 58.0 Å². The van der Waals surface area contributed by atoms with Crippen molar-refractivity contribution in [2.75, 3.05) is 0 Å². The minimum Gasteiger partial charge on any atom is -0.420 e. The van der Waals surface area contributed by atoms with Crippen LogP contribution in [0.5, 0.6) is 5.75 Å². The van der Waals surface area contributed by atoms with Crippen LogP contribution in [0, 0.1) is 0 Å². The van der Waals surface area contributed by atoms with Gasteiger partial charge in [-0.15, -0.1) is 0 Å². The summed E-state index contributed by atoms with van der Waals surface area (Å²) in [5, 5.41) is 0. The third-order valence-corrected chi connectivity index (χ3v) is 3.18. The third-order valence-electron chi connectivity index (χ3n) is 3.18. The van der Waals surface area contributed by atoms with Gasteiger partial charge in [-0.25, -0.2) is 4.79 Å². The zero-order chi connectivity index (χ0) is 15.7. The van der Waals surface area contributed by atoms with Crippen molar-refractivity contribution in [1.82, 2.24) is 0 Å². The van der Waals surface area contributed by atoms with E-state index >= 15 is 0 Å². The minimum absolute atomic E-state index is 0.0796. The number of benzene rings is 1. The molecule has 0 saturated heterocycles. The lowest BCUT2D eigenvalue weighted by Gasteiger charge is -2.07. The molecule has 0 heterocycles. The van der Waals surface area contributed by atoms with Gasteiger partial charge in [-0.1, -0.05) is 51.2 Å². The van der Waals surface area contributed by atoms with E-state index in [4.69, 9.17) is 0 Å². The quantitative estimate of drug-likeness (QED) is 0.381. The van der Waals surface area contributed by atoms with Gasteiger partial charge < -0.3 is 4.74 Å². The van der Waals surface area contributed by atoms with Gasteiger partial charge in [0.25, 0.3) is 0 Å². The lowest BCUT2D eigenvalue weighted by Crippen LogP contribution is -2.27. The summed E-state index contributed by atoms with van der Waals surface area (Å²) in [6, 6.07) is 6.20. The number of hydrogen-bond donors (Lipinski definition) is 0. The summed E-state index contributed by atoms with van der Waals surface area (Å²) >= 11 is 0. The topological polar surface area (TPSA) is 26.3 Å². The fraction of sp³-hybridized carbons (Fsp3) is 0.562. The van der Waals surface area contributed by atoms with Crippen molar-refractivity contribution in [1.29, 1.82) is 0 Å². The van der Waals surface area contributed by atoms with Crippen molar-refractivity contribution in [2.24, 2.45) is 0 Å².